The molecule has 0 radical (unpaired) electrons. The second-order valence-corrected chi connectivity index (χ2v) is 7.17. The molecular weight excluding hydrogens is 366 g/mol. The van der Waals surface area contributed by atoms with E-state index in [9.17, 15) is 8.78 Å². The fourth-order valence-corrected chi connectivity index (χ4v) is 3.60. The Bertz CT molecular complexity index is 794. The van der Waals surface area contributed by atoms with Crippen LogP contribution in [-0.4, -0.2) is 29.3 Å². The number of anilines is 1. The van der Waals surface area contributed by atoms with Crippen LogP contribution in [0.4, 0.5) is 14.7 Å². The van der Waals surface area contributed by atoms with Gasteiger partial charge in [-0.15, -0.1) is 0 Å². The van der Waals surface area contributed by atoms with Crippen LogP contribution >= 0.6 is 11.9 Å². The zero-order valence-corrected chi connectivity index (χ0v) is 16.9. The molecule has 27 heavy (non-hydrogen) atoms. The Morgan fingerprint density at radius 1 is 1.22 bits per heavy atom. The second-order valence-electron chi connectivity index (χ2n) is 6.47. The van der Waals surface area contributed by atoms with E-state index < -0.39 is 5.92 Å². The number of hydrogen-bond acceptors (Lipinski definition) is 5. The van der Waals surface area contributed by atoms with E-state index in [-0.39, 0.29) is 12.1 Å². The third-order valence-electron chi connectivity index (χ3n) is 4.79. The van der Waals surface area contributed by atoms with Gasteiger partial charge in [-0.2, -0.15) is 8.78 Å². The first-order chi connectivity index (χ1) is 13.1. The summed E-state index contributed by atoms with van der Waals surface area (Å²) in [5.41, 5.74) is 3.18. The van der Waals surface area contributed by atoms with Crippen molar-refractivity contribution in [2.45, 2.75) is 45.6 Å². The Balaban J connectivity index is 0.00000102. The molecule has 0 saturated carbocycles. The molecule has 4 rings (SSSR count). The third-order valence-corrected chi connectivity index (χ3v) is 5.22. The van der Waals surface area contributed by atoms with Crippen LogP contribution < -0.4 is 9.62 Å². The number of aromatic nitrogens is 2. The van der Waals surface area contributed by atoms with Crippen LogP contribution in [0, 0.1) is 0 Å². The van der Waals surface area contributed by atoms with Crippen molar-refractivity contribution >= 4 is 17.9 Å². The standard InChI is InChI=1S/C18H20F2N4S.C2H6/c1-25-21-11-12-4-2-5-13(10-12)15-14-6-7-18(19,20)16(14)23-17(22-15)24-8-3-9-24;1-2/h2,4-5,10,21H,3,6-9,11H2,1H3;1-2H3. The van der Waals surface area contributed by atoms with Crippen LogP contribution in [0.5, 0.6) is 0 Å². The number of fused-ring (bicyclic) bond motifs is 1. The Morgan fingerprint density at radius 3 is 2.67 bits per heavy atom. The van der Waals surface area contributed by atoms with Crippen LogP contribution in [0.3, 0.4) is 0 Å². The lowest BCUT2D eigenvalue weighted by atomic mass is 10.0. The van der Waals surface area contributed by atoms with Crippen molar-refractivity contribution in [2.75, 3.05) is 24.2 Å². The highest BCUT2D eigenvalue weighted by atomic mass is 32.2. The van der Waals surface area contributed by atoms with Gasteiger partial charge < -0.3 is 4.90 Å². The molecule has 1 aliphatic heterocycles. The quantitative estimate of drug-likeness (QED) is 0.741. The predicted molar refractivity (Wildman–Crippen MR) is 108 cm³/mol. The Kier molecular flexibility index (Phi) is 6.32. The van der Waals surface area contributed by atoms with E-state index in [1.165, 1.54) is 0 Å². The highest BCUT2D eigenvalue weighted by Crippen LogP contribution is 2.44. The molecule has 4 nitrogen and oxygen atoms in total. The van der Waals surface area contributed by atoms with Gasteiger partial charge in [0, 0.05) is 37.2 Å². The van der Waals surface area contributed by atoms with Crippen molar-refractivity contribution in [2.24, 2.45) is 0 Å². The van der Waals surface area contributed by atoms with E-state index in [0.29, 0.717) is 23.6 Å². The van der Waals surface area contributed by atoms with Gasteiger partial charge >= 0.3 is 0 Å². The van der Waals surface area contributed by atoms with Crippen molar-refractivity contribution < 1.29 is 8.78 Å². The molecule has 1 aliphatic carbocycles. The number of alkyl halides is 2. The van der Waals surface area contributed by atoms with Crippen LogP contribution in [0.1, 0.15) is 43.5 Å². The van der Waals surface area contributed by atoms with Gasteiger partial charge in [-0.25, -0.2) is 9.97 Å². The Labute approximate surface area is 163 Å². The lowest BCUT2D eigenvalue weighted by Crippen LogP contribution is -2.38. The van der Waals surface area contributed by atoms with Crippen molar-refractivity contribution in [1.82, 2.24) is 14.7 Å². The van der Waals surface area contributed by atoms with Crippen molar-refractivity contribution in [3.63, 3.8) is 0 Å². The highest BCUT2D eigenvalue weighted by Gasteiger charge is 2.43. The van der Waals surface area contributed by atoms with E-state index in [1.807, 2.05) is 49.3 Å². The van der Waals surface area contributed by atoms with Crippen LogP contribution in [0.2, 0.25) is 0 Å². The molecule has 7 heteroatoms. The van der Waals surface area contributed by atoms with Gasteiger partial charge in [0.05, 0.1) is 5.69 Å². The summed E-state index contributed by atoms with van der Waals surface area (Å²) < 4.78 is 31.9. The summed E-state index contributed by atoms with van der Waals surface area (Å²) in [5.74, 6) is -2.42. The van der Waals surface area contributed by atoms with E-state index in [2.05, 4.69) is 14.7 Å². The molecule has 1 saturated heterocycles. The Hall–Kier alpha value is -1.73. The first kappa shape index (κ1) is 20.0. The lowest BCUT2D eigenvalue weighted by molar-refractivity contribution is -0.00593. The fourth-order valence-electron chi connectivity index (χ4n) is 3.29. The van der Waals surface area contributed by atoms with Gasteiger partial charge in [0.15, 0.2) is 0 Å². The maximum absolute atomic E-state index is 14.3. The normalized spacial score (nSPS) is 17.0. The summed E-state index contributed by atoms with van der Waals surface area (Å²) in [6.07, 6.45) is 3.18. The second kappa shape index (κ2) is 8.52. The molecule has 1 fully saturated rings. The molecule has 146 valence electrons. The molecule has 0 atom stereocenters. The number of halogens is 2. The minimum absolute atomic E-state index is 0.0768. The minimum Gasteiger partial charge on any atom is -0.341 e. The molecule has 0 spiro atoms. The van der Waals surface area contributed by atoms with Gasteiger partial charge in [0.25, 0.3) is 5.92 Å². The van der Waals surface area contributed by atoms with Gasteiger partial charge in [-0.1, -0.05) is 44.0 Å². The molecule has 1 N–H and O–H groups in total. The molecule has 0 bridgehead atoms. The zero-order chi connectivity index (χ0) is 19.4. The van der Waals surface area contributed by atoms with Crippen molar-refractivity contribution in [3.05, 3.63) is 41.1 Å². The number of nitrogens with one attached hydrogen (secondary N) is 1. The number of hydrogen-bond donors (Lipinski definition) is 1. The summed E-state index contributed by atoms with van der Waals surface area (Å²) in [6, 6.07) is 7.96. The number of rotatable bonds is 5. The largest absolute Gasteiger partial charge is 0.341 e. The van der Waals surface area contributed by atoms with Gasteiger partial charge in [0.1, 0.15) is 5.69 Å². The first-order valence-electron chi connectivity index (χ1n) is 9.48. The molecule has 0 amide bonds. The number of benzene rings is 1. The SMILES string of the molecule is CC.CSNCc1cccc(-c2nc(N3CCC3)nc3c2CCC3(F)F)c1. The van der Waals surface area contributed by atoms with Crippen LogP contribution in [0.15, 0.2) is 24.3 Å². The first-order valence-corrected chi connectivity index (χ1v) is 10.7. The van der Waals surface area contributed by atoms with Crippen molar-refractivity contribution in [3.8, 4) is 11.3 Å². The summed E-state index contributed by atoms with van der Waals surface area (Å²) in [6.45, 7) is 6.39. The highest BCUT2D eigenvalue weighted by molar-refractivity contribution is 7.96. The van der Waals surface area contributed by atoms with E-state index >= 15 is 0 Å². The maximum atomic E-state index is 14.3. The Morgan fingerprint density at radius 2 is 2.00 bits per heavy atom. The zero-order valence-electron chi connectivity index (χ0n) is 16.1. The summed E-state index contributed by atoms with van der Waals surface area (Å²) in [5, 5.41) is 0. The van der Waals surface area contributed by atoms with Gasteiger partial charge in [-0.05, 0) is 30.7 Å². The maximum Gasteiger partial charge on any atom is 0.290 e. The monoisotopic (exact) mass is 392 g/mol. The van der Waals surface area contributed by atoms with Crippen LogP contribution in [0.25, 0.3) is 11.3 Å². The summed E-state index contributed by atoms with van der Waals surface area (Å²) in [7, 11) is 0. The predicted octanol–water partition coefficient (Wildman–Crippen LogP) is 4.79. The topological polar surface area (TPSA) is 41.1 Å². The van der Waals surface area contributed by atoms with E-state index in [0.717, 1.165) is 37.2 Å². The van der Waals surface area contributed by atoms with Crippen LogP contribution in [-0.2, 0) is 18.9 Å². The average molecular weight is 393 g/mol. The number of nitrogens with zero attached hydrogens (tertiary/aromatic N) is 3. The summed E-state index contributed by atoms with van der Waals surface area (Å²) in [4.78, 5) is 10.9. The van der Waals surface area contributed by atoms with Crippen molar-refractivity contribution in [1.29, 1.82) is 0 Å². The molecule has 1 aromatic carbocycles. The molecular formula is C20H26F2N4S. The minimum atomic E-state index is -2.86. The fraction of sp³-hybridized carbons (Fsp3) is 0.500. The van der Waals surface area contributed by atoms with E-state index in [4.69, 9.17) is 0 Å². The smallest absolute Gasteiger partial charge is 0.290 e. The van der Waals surface area contributed by atoms with E-state index in [1.54, 1.807) is 11.9 Å². The third kappa shape index (κ3) is 4.09. The molecule has 0 unspecified atom stereocenters. The lowest BCUT2D eigenvalue weighted by Gasteiger charge is -2.31. The summed E-state index contributed by atoms with van der Waals surface area (Å²) >= 11 is 1.55. The average Bonchev–Trinajstić information content (AvgIpc) is 2.95. The molecule has 2 aromatic rings. The molecule has 2 heterocycles. The van der Waals surface area contributed by atoms with Gasteiger partial charge in [0.2, 0.25) is 5.95 Å². The molecule has 1 aromatic heterocycles. The molecule has 2 aliphatic rings. The van der Waals surface area contributed by atoms with Gasteiger partial charge in [-0.3, -0.25) is 4.72 Å².